The number of nitrogens with one attached hydrogen (secondary N) is 1. The normalized spacial score (nSPS) is 16.5. The van der Waals surface area contributed by atoms with Gasteiger partial charge in [-0.05, 0) is 24.1 Å². The number of hydrogen-bond acceptors (Lipinski definition) is 9. The second-order valence-corrected chi connectivity index (χ2v) is 7.06. The number of aromatic amines is 1. The summed E-state index contributed by atoms with van der Waals surface area (Å²) >= 11 is 0. The average molecular weight is 408 g/mol. The van der Waals surface area contributed by atoms with Gasteiger partial charge in [-0.1, -0.05) is 11.3 Å². The molecule has 154 valence electrons. The molecule has 0 spiro atoms. The first-order chi connectivity index (χ1) is 14.7. The molecule has 4 N–H and O–H groups in total. The van der Waals surface area contributed by atoms with Crippen LogP contribution in [0.15, 0.2) is 30.5 Å². The summed E-state index contributed by atoms with van der Waals surface area (Å²) in [6.07, 6.45) is 2.88. The lowest BCUT2D eigenvalue weighted by molar-refractivity contribution is 0.0316. The third-order valence-electron chi connectivity index (χ3n) is 4.88. The van der Waals surface area contributed by atoms with Crippen LogP contribution in [0.4, 0.5) is 5.95 Å². The maximum Gasteiger partial charge on any atom is 0.222 e. The number of ether oxygens (including phenoxy) is 2. The van der Waals surface area contributed by atoms with E-state index in [-0.39, 0.29) is 17.9 Å². The van der Waals surface area contributed by atoms with Gasteiger partial charge in [-0.25, -0.2) is 9.67 Å². The SMILES string of the molecule is Nc1nc(-c2ccc(O)[nH]2)c2nnn(Cc3ccc(COC4CCOC4)cn3)c2n1. The lowest BCUT2D eigenvalue weighted by atomic mass is 10.2. The molecule has 1 unspecified atom stereocenters. The number of rotatable bonds is 6. The Morgan fingerprint density at radius 2 is 2.20 bits per heavy atom. The number of anilines is 1. The van der Waals surface area contributed by atoms with Crippen molar-refractivity contribution < 1.29 is 14.6 Å². The largest absolute Gasteiger partial charge is 0.495 e. The van der Waals surface area contributed by atoms with Crippen LogP contribution in [-0.4, -0.2) is 59.4 Å². The molecular weight excluding hydrogens is 388 g/mol. The predicted octanol–water partition coefficient (Wildman–Crippen LogP) is 1.25. The molecule has 4 aromatic heterocycles. The zero-order chi connectivity index (χ0) is 20.5. The third-order valence-corrected chi connectivity index (χ3v) is 4.88. The highest BCUT2D eigenvalue weighted by atomic mass is 16.5. The number of pyridine rings is 1. The van der Waals surface area contributed by atoms with Gasteiger partial charge in [0.1, 0.15) is 5.69 Å². The van der Waals surface area contributed by atoms with Gasteiger partial charge in [0.15, 0.2) is 17.0 Å². The average Bonchev–Trinajstić information content (AvgIpc) is 3.49. The number of H-pyrrole nitrogens is 1. The van der Waals surface area contributed by atoms with Crippen molar-refractivity contribution in [2.24, 2.45) is 0 Å². The molecule has 0 saturated carbocycles. The highest BCUT2D eigenvalue weighted by Crippen LogP contribution is 2.26. The highest BCUT2D eigenvalue weighted by Gasteiger charge is 2.18. The fourth-order valence-corrected chi connectivity index (χ4v) is 3.33. The number of nitrogen functional groups attached to an aromatic ring is 1. The summed E-state index contributed by atoms with van der Waals surface area (Å²) in [5, 5.41) is 18.0. The summed E-state index contributed by atoms with van der Waals surface area (Å²) in [4.78, 5) is 15.8. The maximum absolute atomic E-state index is 9.58. The Morgan fingerprint density at radius 3 is 2.93 bits per heavy atom. The second-order valence-electron chi connectivity index (χ2n) is 7.06. The smallest absolute Gasteiger partial charge is 0.222 e. The Bertz CT molecular complexity index is 1160. The van der Waals surface area contributed by atoms with Crippen LogP contribution in [0.25, 0.3) is 22.6 Å². The second kappa shape index (κ2) is 7.69. The molecule has 11 nitrogen and oxygen atoms in total. The van der Waals surface area contributed by atoms with E-state index >= 15 is 0 Å². The van der Waals surface area contributed by atoms with Gasteiger partial charge in [-0.15, -0.1) is 5.10 Å². The fourth-order valence-electron chi connectivity index (χ4n) is 3.33. The van der Waals surface area contributed by atoms with Crippen LogP contribution in [0.2, 0.25) is 0 Å². The van der Waals surface area contributed by atoms with E-state index in [0.717, 1.165) is 24.3 Å². The van der Waals surface area contributed by atoms with Gasteiger partial charge in [-0.2, -0.15) is 4.98 Å². The standard InChI is InChI=1S/C19H20N8O3/c20-19-23-16(14-3-4-15(28)22-14)17-18(24-19)27(26-25-17)8-12-2-1-11(7-21-12)9-30-13-5-6-29-10-13/h1-4,7,13,22,28H,5-6,8-10H2,(H2,20,23,24). The summed E-state index contributed by atoms with van der Waals surface area (Å²) in [7, 11) is 0. The molecule has 5 heterocycles. The molecule has 0 radical (unpaired) electrons. The predicted molar refractivity (Wildman–Crippen MR) is 106 cm³/mol. The molecule has 30 heavy (non-hydrogen) atoms. The van der Waals surface area contributed by atoms with Crippen molar-refractivity contribution in [1.82, 2.24) is 34.9 Å². The molecule has 0 aliphatic carbocycles. The molecule has 4 aromatic rings. The monoisotopic (exact) mass is 408 g/mol. The first kappa shape index (κ1) is 18.5. The summed E-state index contributed by atoms with van der Waals surface area (Å²) in [5.74, 6) is 0.114. The first-order valence-electron chi connectivity index (χ1n) is 9.54. The van der Waals surface area contributed by atoms with Gasteiger partial charge in [0.25, 0.3) is 0 Å². The van der Waals surface area contributed by atoms with E-state index in [1.807, 2.05) is 12.1 Å². The molecule has 1 aliphatic rings. The van der Waals surface area contributed by atoms with Crippen LogP contribution in [0.1, 0.15) is 17.7 Å². The van der Waals surface area contributed by atoms with Gasteiger partial charge >= 0.3 is 0 Å². The van der Waals surface area contributed by atoms with E-state index < -0.39 is 0 Å². The number of nitrogens with zero attached hydrogens (tertiary/aromatic N) is 6. The van der Waals surface area contributed by atoms with Gasteiger partial charge in [-0.3, -0.25) is 4.98 Å². The molecular formula is C19H20N8O3. The van der Waals surface area contributed by atoms with Crippen LogP contribution in [0, 0.1) is 0 Å². The summed E-state index contributed by atoms with van der Waals surface area (Å²) in [6.45, 7) is 2.29. The Kier molecular flexibility index (Phi) is 4.73. The van der Waals surface area contributed by atoms with Crippen molar-refractivity contribution in [3.8, 4) is 17.3 Å². The van der Waals surface area contributed by atoms with Crippen molar-refractivity contribution >= 4 is 17.1 Å². The molecule has 1 fully saturated rings. The first-order valence-corrected chi connectivity index (χ1v) is 9.54. The lowest BCUT2D eigenvalue weighted by Gasteiger charge is -2.10. The van der Waals surface area contributed by atoms with Gasteiger partial charge in [0, 0.05) is 18.9 Å². The van der Waals surface area contributed by atoms with E-state index in [1.165, 1.54) is 6.07 Å². The number of nitrogens with two attached hydrogens (primary N) is 1. The van der Waals surface area contributed by atoms with Gasteiger partial charge < -0.3 is 25.3 Å². The van der Waals surface area contributed by atoms with Crippen molar-refractivity contribution in [3.05, 3.63) is 41.7 Å². The van der Waals surface area contributed by atoms with E-state index in [4.69, 9.17) is 15.2 Å². The maximum atomic E-state index is 9.58. The van der Waals surface area contributed by atoms with Crippen molar-refractivity contribution in [2.75, 3.05) is 18.9 Å². The van der Waals surface area contributed by atoms with Crippen molar-refractivity contribution in [2.45, 2.75) is 25.7 Å². The summed E-state index contributed by atoms with van der Waals surface area (Å²) in [5.41, 5.74) is 9.70. The Labute approximate surface area is 170 Å². The molecule has 5 rings (SSSR count). The summed E-state index contributed by atoms with van der Waals surface area (Å²) < 4.78 is 12.8. The van der Waals surface area contributed by atoms with Crippen LogP contribution in [0.3, 0.4) is 0 Å². The van der Waals surface area contributed by atoms with E-state index in [0.29, 0.717) is 42.3 Å². The van der Waals surface area contributed by atoms with Crippen LogP contribution in [0.5, 0.6) is 5.88 Å². The van der Waals surface area contributed by atoms with Crippen LogP contribution >= 0.6 is 0 Å². The van der Waals surface area contributed by atoms with Crippen LogP contribution in [-0.2, 0) is 22.6 Å². The van der Waals surface area contributed by atoms with Crippen molar-refractivity contribution in [1.29, 1.82) is 0 Å². The Morgan fingerprint density at radius 1 is 1.27 bits per heavy atom. The lowest BCUT2D eigenvalue weighted by Crippen LogP contribution is -2.12. The van der Waals surface area contributed by atoms with Gasteiger partial charge in [0.05, 0.1) is 37.3 Å². The molecule has 0 aromatic carbocycles. The minimum absolute atomic E-state index is 0.0245. The van der Waals surface area contributed by atoms with E-state index in [9.17, 15) is 5.11 Å². The quantitative estimate of drug-likeness (QED) is 0.428. The van der Waals surface area contributed by atoms with Gasteiger partial charge in [0.2, 0.25) is 5.95 Å². The molecule has 1 aliphatic heterocycles. The third kappa shape index (κ3) is 3.67. The number of aromatic nitrogens is 7. The fraction of sp³-hybridized carbons (Fsp3) is 0.316. The zero-order valence-electron chi connectivity index (χ0n) is 16.0. The molecule has 1 saturated heterocycles. The number of fused-ring (bicyclic) bond motifs is 1. The molecule has 0 amide bonds. The van der Waals surface area contributed by atoms with Crippen molar-refractivity contribution in [3.63, 3.8) is 0 Å². The molecule has 1 atom stereocenters. The van der Waals surface area contributed by atoms with E-state index in [1.54, 1.807) is 16.9 Å². The minimum atomic E-state index is 0.0245. The van der Waals surface area contributed by atoms with Crippen LogP contribution < -0.4 is 5.73 Å². The molecule has 11 heteroatoms. The van der Waals surface area contributed by atoms with E-state index in [2.05, 4.69) is 30.2 Å². The summed E-state index contributed by atoms with van der Waals surface area (Å²) in [6, 6.07) is 7.12. The molecule has 0 bridgehead atoms. The topological polar surface area (TPSA) is 150 Å². The zero-order valence-corrected chi connectivity index (χ0v) is 16.0. The Hall–Kier alpha value is -3.57. The number of hydrogen-bond donors (Lipinski definition) is 3. The highest BCUT2D eigenvalue weighted by molar-refractivity contribution is 5.86. The Balaban J connectivity index is 1.36. The number of aromatic hydroxyl groups is 1. The minimum Gasteiger partial charge on any atom is -0.495 e.